The van der Waals surface area contributed by atoms with Gasteiger partial charge in [-0.05, 0) is 12.1 Å². The molecule has 0 spiro atoms. The van der Waals surface area contributed by atoms with Crippen molar-refractivity contribution in [2.75, 3.05) is 13.2 Å². The van der Waals surface area contributed by atoms with Gasteiger partial charge in [-0.25, -0.2) is 13.8 Å². The molecule has 0 saturated carbocycles. The first kappa shape index (κ1) is 10.6. The summed E-state index contributed by atoms with van der Waals surface area (Å²) in [6.07, 6.45) is 0. The molecule has 4 nitrogen and oxygen atoms in total. The standard InChI is InChI=1S/C11H11F2N3O/c12-6-1-2-8-10(9(6)13)16-11(15-8)5-3-17-4-7(5)14/h1-2,5,7H,3-4,14H2,(H,15,16). The molecule has 17 heavy (non-hydrogen) atoms. The molecule has 1 aromatic heterocycles. The molecule has 0 bridgehead atoms. The van der Waals surface area contributed by atoms with Crippen molar-refractivity contribution in [1.82, 2.24) is 9.97 Å². The van der Waals surface area contributed by atoms with Crippen LogP contribution in [0, 0.1) is 11.6 Å². The maximum absolute atomic E-state index is 13.5. The molecule has 2 unspecified atom stereocenters. The molecule has 1 saturated heterocycles. The molecule has 90 valence electrons. The molecule has 6 heteroatoms. The number of rotatable bonds is 1. The summed E-state index contributed by atoms with van der Waals surface area (Å²) in [5, 5.41) is 0. The highest BCUT2D eigenvalue weighted by Gasteiger charge is 2.29. The highest BCUT2D eigenvalue weighted by Crippen LogP contribution is 2.26. The third kappa shape index (κ3) is 1.60. The molecule has 3 rings (SSSR count). The van der Waals surface area contributed by atoms with Crippen molar-refractivity contribution in [3.8, 4) is 0 Å². The first-order valence-corrected chi connectivity index (χ1v) is 5.34. The zero-order valence-electron chi connectivity index (χ0n) is 8.91. The maximum atomic E-state index is 13.5. The number of fused-ring (bicyclic) bond motifs is 1. The van der Waals surface area contributed by atoms with Gasteiger partial charge < -0.3 is 15.5 Å². The fourth-order valence-corrected chi connectivity index (χ4v) is 2.06. The van der Waals surface area contributed by atoms with Gasteiger partial charge in [0, 0.05) is 6.04 Å². The number of hydrogen-bond donors (Lipinski definition) is 2. The van der Waals surface area contributed by atoms with E-state index in [1.807, 2.05) is 0 Å². The number of nitrogens with one attached hydrogen (secondary N) is 1. The van der Waals surface area contributed by atoms with Crippen LogP contribution in [0.1, 0.15) is 11.7 Å². The van der Waals surface area contributed by atoms with Gasteiger partial charge in [0.15, 0.2) is 11.6 Å². The van der Waals surface area contributed by atoms with E-state index >= 15 is 0 Å². The maximum Gasteiger partial charge on any atom is 0.186 e. The summed E-state index contributed by atoms with van der Waals surface area (Å²) in [6, 6.07) is 2.37. The van der Waals surface area contributed by atoms with Crippen LogP contribution in [0.3, 0.4) is 0 Å². The summed E-state index contributed by atoms with van der Waals surface area (Å²) < 4.78 is 31.7. The number of nitrogens with zero attached hydrogens (tertiary/aromatic N) is 1. The Balaban J connectivity index is 2.10. The second kappa shape index (κ2) is 3.75. The molecule has 1 aromatic carbocycles. The SMILES string of the molecule is NC1COCC1c1nc2c(F)c(F)ccc2[nH]1. The molecular weight excluding hydrogens is 228 g/mol. The predicted molar refractivity (Wildman–Crippen MR) is 57.5 cm³/mol. The van der Waals surface area contributed by atoms with Crippen LogP contribution < -0.4 is 5.73 Å². The smallest absolute Gasteiger partial charge is 0.186 e. The van der Waals surface area contributed by atoms with Crippen molar-refractivity contribution in [3.05, 3.63) is 29.6 Å². The van der Waals surface area contributed by atoms with Gasteiger partial charge in [0.1, 0.15) is 11.3 Å². The van der Waals surface area contributed by atoms with Gasteiger partial charge in [-0.15, -0.1) is 0 Å². The minimum Gasteiger partial charge on any atom is -0.379 e. The van der Waals surface area contributed by atoms with E-state index in [4.69, 9.17) is 10.5 Å². The average molecular weight is 239 g/mol. The lowest BCUT2D eigenvalue weighted by Gasteiger charge is -2.08. The second-order valence-corrected chi connectivity index (χ2v) is 4.19. The number of hydrogen-bond acceptors (Lipinski definition) is 3. The molecular formula is C11H11F2N3O. The minimum absolute atomic E-state index is 0.0131. The molecule has 2 aromatic rings. The molecule has 1 fully saturated rings. The molecule has 0 radical (unpaired) electrons. The van der Waals surface area contributed by atoms with Crippen LogP contribution in [0.15, 0.2) is 12.1 Å². The molecule has 2 heterocycles. The van der Waals surface area contributed by atoms with Crippen LogP contribution in [0.4, 0.5) is 8.78 Å². The lowest BCUT2D eigenvalue weighted by Crippen LogP contribution is -2.27. The van der Waals surface area contributed by atoms with E-state index < -0.39 is 11.6 Å². The molecule has 0 aliphatic carbocycles. The van der Waals surface area contributed by atoms with Gasteiger partial charge in [-0.3, -0.25) is 0 Å². The summed E-state index contributed by atoms with van der Waals surface area (Å²) in [5.41, 5.74) is 6.33. The molecule has 0 amide bonds. The van der Waals surface area contributed by atoms with Gasteiger partial charge in [-0.1, -0.05) is 0 Å². The fourth-order valence-electron chi connectivity index (χ4n) is 2.06. The zero-order valence-corrected chi connectivity index (χ0v) is 8.91. The summed E-state index contributed by atoms with van der Waals surface area (Å²) in [5.74, 6) is -1.38. The number of aromatic nitrogens is 2. The van der Waals surface area contributed by atoms with Crippen molar-refractivity contribution >= 4 is 11.0 Å². The van der Waals surface area contributed by atoms with E-state index in [1.165, 1.54) is 6.07 Å². The van der Waals surface area contributed by atoms with Gasteiger partial charge >= 0.3 is 0 Å². The third-order valence-electron chi connectivity index (χ3n) is 3.04. The van der Waals surface area contributed by atoms with Crippen LogP contribution in [-0.2, 0) is 4.74 Å². The first-order chi connectivity index (χ1) is 8.16. The summed E-state index contributed by atoms with van der Waals surface area (Å²) in [4.78, 5) is 7.03. The monoisotopic (exact) mass is 239 g/mol. The van der Waals surface area contributed by atoms with Crippen LogP contribution in [0.25, 0.3) is 11.0 Å². The Bertz CT molecular complexity index is 569. The molecule has 3 N–H and O–H groups in total. The van der Waals surface area contributed by atoms with Crippen LogP contribution >= 0.6 is 0 Å². The van der Waals surface area contributed by atoms with Crippen LogP contribution in [0.5, 0.6) is 0 Å². The third-order valence-corrected chi connectivity index (χ3v) is 3.04. The first-order valence-electron chi connectivity index (χ1n) is 5.34. The number of halogens is 2. The van der Waals surface area contributed by atoms with Gasteiger partial charge in [0.25, 0.3) is 0 Å². The van der Waals surface area contributed by atoms with Gasteiger partial charge in [0.05, 0.1) is 24.6 Å². The van der Waals surface area contributed by atoms with Crippen molar-refractivity contribution in [1.29, 1.82) is 0 Å². The molecule has 1 aliphatic rings. The number of nitrogens with two attached hydrogens (primary N) is 1. The summed E-state index contributed by atoms with van der Waals surface area (Å²) in [7, 11) is 0. The Kier molecular flexibility index (Phi) is 2.34. The Morgan fingerprint density at radius 1 is 1.35 bits per heavy atom. The Labute approximate surface area is 95.8 Å². The molecule has 1 aliphatic heterocycles. The predicted octanol–water partition coefficient (Wildman–Crippen LogP) is 1.28. The largest absolute Gasteiger partial charge is 0.379 e. The summed E-state index contributed by atoms with van der Waals surface area (Å²) >= 11 is 0. The van der Waals surface area contributed by atoms with E-state index in [0.717, 1.165) is 6.07 Å². The number of H-pyrrole nitrogens is 1. The van der Waals surface area contributed by atoms with Crippen LogP contribution in [-0.4, -0.2) is 29.2 Å². The molecule has 2 atom stereocenters. The Hall–Kier alpha value is -1.53. The van der Waals surface area contributed by atoms with E-state index in [1.54, 1.807) is 0 Å². The number of imidazole rings is 1. The number of ether oxygens (including phenoxy) is 1. The van der Waals surface area contributed by atoms with Crippen molar-refractivity contribution in [2.45, 2.75) is 12.0 Å². The average Bonchev–Trinajstić information content (AvgIpc) is 2.89. The minimum atomic E-state index is -0.933. The van der Waals surface area contributed by atoms with E-state index in [0.29, 0.717) is 24.6 Å². The van der Waals surface area contributed by atoms with Crippen molar-refractivity contribution in [3.63, 3.8) is 0 Å². The zero-order chi connectivity index (χ0) is 12.0. The topological polar surface area (TPSA) is 63.9 Å². The van der Waals surface area contributed by atoms with E-state index in [-0.39, 0.29) is 17.5 Å². The van der Waals surface area contributed by atoms with Crippen molar-refractivity contribution < 1.29 is 13.5 Å². The highest BCUT2D eigenvalue weighted by molar-refractivity contribution is 5.75. The fraction of sp³-hybridized carbons (Fsp3) is 0.364. The van der Waals surface area contributed by atoms with Gasteiger partial charge in [-0.2, -0.15) is 0 Å². The Morgan fingerprint density at radius 2 is 2.18 bits per heavy atom. The lowest BCUT2D eigenvalue weighted by atomic mass is 10.0. The van der Waals surface area contributed by atoms with Crippen LogP contribution in [0.2, 0.25) is 0 Å². The Morgan fingerprint density at radius 3 is 2.88 bits per heavy atom. The summed E-state index contributed by atoms with van der Waals surface area (Å²) in [6.45, 7) is 0.906. The number of benzene rings is 1. The van der Waals surface area contributed by atoms with Gasteiger partial charge in [0.2, 0.25) is 0 Å². The van der Waals surface area contributed by atoms with Crippen molar-refractivity contribution in [2.24, 2.45) is 5.73 Å². The highest BCUT2D eigenvalue weighted by atomic mass is 19.2. The van der Waals surface area contributed by atoms with E-state index in [2.05, 4.69) is 9.97 Å². The second-order valence-electron chi connectivity index (χ2n) is 4.19. The lowest BCUT2D eigenvalue weighted by molar-refractivity contribution is 0.190. The van der Waals surface area contributed by atoms with E-state index in [9.17, 15) is 8.78 Å². The normalized spacial score (nSPS) is 24.6. The number of aromatic amines is 1. The quantitative estimate of drug-likeness (QED) is 0.788.